The van der Waals surface area contributed by atoms with Gasteiger partial charge in [-0.1, -0.05) is 6.07 Å². The Balaban J connectivity index is 1.75. The fraction of sp³-hybridized carbons (Fsp3) is 0.462. The van der Waals surface area contributed by atoms with Crippen LogP contribution in [0.5, 0.6) is 0 Å². The molecule has 0 radical (unpaired) electrons. The van der Waals surface area contributed by atoms with Crippen molar-refractivity contribution in [2.24, 2.45) is 5.92 Å². The molecule has 0 aliphatic carbocycles. The highest BCUT2D eigenvalue weighted by Gasteiger charge is 2.17. The molecule has 0 unspecified atom stereocenters. The van der Waals surface area contributed by atoms with Crippen molar-refractivity contribution < 1.29 is 4.92 Å². The molecule has 7 nitrogen and oxygen atoms in total. The van der Waals surface area contributed by atoms with Crippen LogP contribution in [-0.4, -0.2) is 34.5 Å². The average Bonchev–Trinajstić information content (AvgIpc) is 2.88. The SMILES string of the molecule is O=[N+]([O-])c1cccc2[nH]c(NCC3CCNCC3)nc12. The summed E-state index contributed by atoms with van der Waals surface area (Å²) in [7, 11) is 0. The third-order valence-electron chi connectivity index (χ3n) is 3.71. The number of H-pyrrole nitrogens is 1. The molecule has 0 bridgehead atoms. The number of fused-ring (bicyclic) bond motifs is 1. The minimum Gasteiger partial charge on any atom is -0.356 e. The molecule has 0 atom stereocenters. The third-order valence-corrected chi connectivity index (χ3v) is 3.71. The summed E-state index contributed by atoms with van der Waals surface area (Å²) < 4.78 is 0. The van der Waals surface area contributed by atoms with Crippen molar-refractivity contribution in [3.05, 3.63) is 28.3 Å². The lowest BCUT2D eigenvalue weighted by atomic mass is 9.98. The molecule has 3 N–H and O–H groups in total. The maximum absolute atomic E-state index is 11.0. The summed E-state index contributed by atoms with van der Waals surface area (Å²) in [5.41, 5.74) is 1.13. The number of nitro groups is 1. The van der Waals surface area contributed by atoms with E-state index in [0.717, 1.165) is 32.5 Å². The lowest BCUT2D eigenvalue weighted by Gasteiger charge is -2.22. The van der Waals surface area contributed by atoms with Gasteiger partial charge < -0.3 is 15.6 Å². The van der Waals surface area contributed by atoms with Gasteiger partial charge in [-0.25, -0.2) is 4.98 Å². The number of hydrogen-bond acceptors (Lipinski definition) is 5. The van der Waals surface area contributed by atoms with Crippen LogP contribution >= 0.6 is 0 Å². The minimum absolute atomic E-state index is 0.0358. The topological polar surface area (TPSA) is 95.9 Å². The van der Waals surface area contributed by atoms with E-state index >= 15 is 0 Å². The molecule has 1 fully saturated rings. The molecule has 0 spiro atoms. The molecule has 3 rings (SSSR count). The molecule has 1 aliphatic heterocycles. The summed E-state index contributed by atoms with van der Waals surface area (Å²) in [6, 6.07) is 4.93. The molecule has 1 aromatic heterocycles. The number of aromatic amines is 1. The van der Waals surface area contributed by atoms with Gasteiger partial charge in [0, 0.05) is 12.6 Å². The van der Waals surface area contributed by atoms with Gasteiger partial charge in [-0.3, -0.25) is 10.1 Å². The van der Waals surface area contributed by atoms with E-state index in [1.807, 2.05) is 0 Å². The lowest BCUT2D eigenvalue weighted by molar-refractivity contribution is -0.383. The normalized spacial score (nSPS) is 16.4. The van der Waals surface area contributed by atoms with Crippen LogP contribution in [0, 0.1) is 16.0 Å². The van der Waals surface area contributed by atoms with Crippen LogP contribution in [-0.2, 0) is 0 Å². The Morgan fingerprint density at radius 3 is 2.95 bits per heavy atom. The molecule has 1 aliphatic rings. The van der Waals surface area contributed by atoms with E-state index in [-0.39, 0.29) is 5.69 Å². The predicted octanol–water partition coefficient (Wildman–Crippen LogP) is 1.88. The molecule has 106 valence electrons. The van der Waals surface area contributed by atoms with Crippen LogP contribution in [0.3, 0.4) is 0 Å². The number of anilines is 1. The van der Waals surface area contributed by atoms with Crippen LogP contribution < -0.4 is 10.6 Å². The lowest BCUT2D eigenvalue weighted by Crippen LogP contribution is -2.31. The van der Waals surface area contributed by atoms with Crippen molar-refractivity contribution >= 4 is 22.7 Å². The van der Waals surface area contributed by atoms with Gasteiger partial charge >= 0.3 is 0 Å². The second-order valence-electron chi connectivity index (χ2n) is 5.09. The zero-order valence-corrected chi connectivity index (χ0v) is 11.1. The summed E-state index contributed by atoms with van der Waals surface area (Å²) >= 11 is 0. The second kappa shape index (κ2) is 5.46. The van der Waals surface area contributed by atoms with Gasteiger partial charge in [0.15, 0.2) is 5.52 Å². The Kier molecular flexibility index (Phi) is 3.51. The van der Waals surface area contributed by atoms with Crippen molar-refractivity contribution in [1.82, 2.24) is 15.3 Å². The Morgan fingerprint density at radius 2 is 2.20 bits per heavy atom. The summed E-state index contributed by atoms with van der Waals surface area (Å²) in [5.74, 6) is 1.23. The van der Waals surface area contributed by atoms with Crippen LogP contribution in [0.15, 0.2) is 18.2 Å². The molecule has 20 heavy (non-hydrogen) atoms. The molecular weight excluding hydrogens is 258 g/mol. The van der Waals surface area contributed by atoms with Gasteiger partial charge in [-0.05, 0) is 37.9 Å². The first kappa shape index (κ1) is 12.9. The summed E-state index contributed by atoms with van der Waals surface area (Å²) in [6.07, 6.45) is 2.29. The van der Waals surface area contributed by atoms with Crippen LogP contribution in [0.25, 0.3) is 11.0 Å². The van der Waals surface area contributed by atoms with E-state index in [4.69, 9.17) is 0 Å². The zero-order valence-electron chi connectivity index (χ0n) is 11.1. The van der Waals surface area contributed by atoms with E-state index in [9.17, 15) is 10.1 Å². The first-order valence-corrected chi connectivity index (χ1v) is 6.82. The van der Waals surface area contributed by atoms with Gasteiger partial charge in [0.1, 0.15) is 0 Å². The van der Waals surface area contributed by atoms with Crippen molar-refractivity contribution in [3.8, 4) is 0 Å². The van der Waals surface area contributed by atoms with Gasteiger partial charge in [-0.15, -0.1) is 0 Å². The van der Waals surface area contributed by atoms with E-state index in [2.05, 4.69) is 20.6 Å². The standard InChI is InChI=1S/C13H17N5O2/c19-18(20)11-3-1-2-10-12(11)17-13(16-10)15-8-9-4-6-14-7-5-9/h1-3,9,14H,4-8H2,(H2,15,16,17). The van der Waals surface area contributed by atoms with Crippen molar-refractivity contribution in [2.45, 2.75) is 12.8 Å². The predicted molar refractivity (Wildman–Crippen MR) is 76.8 cm³/mol. The molecule has 0 amide bonds. The number of aromatic nitrogens is 2. The Bertz CT molecular complexity index is 618. The van der Waals surface area contributed by atoms with Gasteiger partial charge in [0.2, 0.25) is 5.95 Å². The molecule has 2 heterocycles. The maximum Gasteiger partial charge on any atom is 0.297 e. The molecular formula is C13H17N5O2. The average molecular weight is 275 g/mol. The van der Waals surface area contributed by atoms with Crippen molar-refractivity contribution in [2.75, 3.05) is 25.0 Å². The smallest absolute Gasteiger partial charge is 0.297 e. The third kappa shape index (κ3) is 2.57. The number of non-ortho nitro benzene ring substituents is 1. The highest BCUT2D eigenvalue weighted by atomic mass is 16.6. The minimum atomic E-state index is -0.403. The summed E-state index contributed by atoms with van der Waals surface area (Å²) in [6.45, 7) is 2.95. The van der Waals surface area contributed by atoms with Gasteiger partial charge in [0.25, 0.3) is 5.69 Å². The van der Waals surface area contributed by atoms with E-state index in [0.29, 0.717) is 22.9 Å². The van der Waals surface area contributed by atoms with Crippen LogP contribution in [0.4, 0.5) is 11.6 Å². The van der Waals surface area contributed by atoms with E-state index in [1.165, 1.54) is 6.07 Å². The fourth-order valence-electron chi connectivity index (χ4n) is 2.57. The first-order valence-electron chi connectivity index (χ1n) is 6.82. The molecule has 0 saturated carbocycles. The molecule has 1 saturated heterocycles. The number of para-hydroxylation sites is 1. The van der Waals surface area contributed by atoms with Crippen LogP contribution in [0.2, 0.25) is 0 Å². The Hall–Kier alpha value is -2.15. The van der Waals surface area contributed by atoms with Crippen molar-refractivity contribution in [3.63, 3.8) is 0 Å². The highest BCUT2D eigenvalue weighted by molar-refractivity contribution is 5.86. The Labute approximate surface area is 115 Å². The summed E-state index contributed by atoms with van der Waals surface area (Å²) in [4.78, 5) is 17.9. The van der Waals surface area contributed by atoms with E-state index in [1.54, 1.807) is 12.1 Å². The zero-order chi connectivity index (χ0) is 13.9. The first-order chi connectivity index (χ1) is 9.74. The Morgan fingerprint density at radius 1 is 1.40 bits per heavy atom. The van der Waals surface area contributed by atoms with E-state index < -0.39 is 4.92 Å². The number of rotatable bonds is 4. The largest absolute Gasteiger partial charge is 0.356 e. The summed E-state index contributed by atoms with van der Waals surface area (Å²) in [5, 5.41) is 17.5. The monoisotopic (exact) mass is 275 g/mol. The number of hydrogen-bond donors (Lipinski definition) is 3. The number of nitrogens with zero attached hydrogens (tertiary/aromatic N) is 2. The maximum atomic E-state index is 11.0. The van der Waals surface area contributed by atoms with Gasteiger partial charge in [-0.2, -0.15) is 0 Å². The van der Waals surface area contributed by atoms with Crippen LogP contribution in [0.1, 0.15) is 12.8 Å². The number of nitro benzene ring substituents is 1. The second-order valence-corrected chi connectivity index (χ2v) is 5.09. The highest BCUT2D eigenvalue weighted by Crippen LogP contribution is 2.24. The number of imidazole rings is 1. The number of benzene rings is 1. The molecule has 7 heteroatoms. The molecule has 2 aromatic rings. The number of piperidine rings is 1. The molecule has 1 aromatic carbocycles. The fourth-order valence-corrected chi connectivity index (χ4v) is 2.57. The number of nitrogens with one attached hydrogen (secondary N) is 3. The van der Waals surface area contributed by atoms with Crippen molar-refractivity contribution in [1.29, 1.82) is 0 Å². The van der Waals surface area contributed by atoms with Gasteiger partial charge in [0.05, 0.1) is 10.4 Å². The quantitative estimate of drug-likeness (QED) is 0.585.